The van der Waals surface area contributed by atoms with E-state index in [1.807, 2.05) is 0 Å². The van der Waals surface area contributed by atoms with E-state index in [9.17, 15) is 28.8 Å². The monoisotopic (exact) mass is 300 g/mol. The number of hydrogen-bond acceptors (Lipinski definition) is 6. The first-order chi connectivity index (χ1) is 8.53. The third-order valence-electron chi connectivity index (χ3n) is 2.11. The minimum Gasteiger partial charge on any atom is -0.412 e. The number of carbonyl (C=O) groups is 6. The van der Waals surface area contributed by atoms with Crippen molar-refractivity contribution in [2.24, 2.45) is 0 Å². The topological polar surface area (TPSA) is 197 Å². The molecule has 0 saturated heterocycles. The lowest BCUT2D eigenvalue weighted by Gasteiger charge is -2.02. The van der Waals surface area contributed by atoms with Gasteiger partial charge in [0.25, 0.3) is 0 Å². The normalized spacial score (nSPS) is 8.00. The van der Waals surface area contributed by atoms with Crippen LogP contribution in [0.15, 0.2) is 18.2 Å². The van der Waals surface area contributed by atoms with Gasteiger partial charge >= 0.3 is 0 Å². The highest BCUT2D eigenvalue weighted by molar-refractivity contribution is 6.38. The molecule has 0 fully saturated rings. The highest BCUT2D eigenvalue weighted by Gasteiger charge is 2.15. The number of carbonyl (C=O) groups excluding carboxylic acids is 6. The van der Waals surface area contributed by atoms with E-state index in [4.69, 9.17) is 0 Å². The van der Waals surface area contributed by atoms with Crippen LogP contribution in [-0.2, 0) is 14.4 Å². The van der Waals surface area contributed by atoms with Crippen LogP contribution in [0.5, 0.6) is 0 Å². The van der Waals surface area contributed by atoms with E-state index in [2.05, 4.69) is 0 Å². The van der Waals surface area contributed by atoms with E-state index in [0.717, 1.165) is 18.2 Å². The van der Waals surface area contributed by atoms with E-state index < -0.39 is 17.3 Å². The maximum atomic E-state index is 11.2. The quantitative estimate of drug-likeness (QED) is 0.312. The Hall–Kier alpha value is -2.88. The fourth-order valence-corrected chi connectivity index (χ4v) is 1.26. The molecule has 9 nitrogen and oxygen atoms in total. The van der Waals surface area contributed by atoms with Gasteiger partial charge in [0.15, 0.2) is 18.9 Å². The van der Waals surface area contributed by atoms with Gasteiger partial charge in [-0.25, -0.2) is 0 Å². The smallest absolute Gasteiger partial charge is 0.225 e. The second kappa shape index (κ2) is 9.97. The van der Waals surface area contributed by atoms with Crippen LogP contribution in [0.4, 0.5) is 0 Å². The van der Waals surface area contributed by atoms with Crippen molar-refractivity contribution in [3.05, 3.63) is 34.9 Å². The maximum absolute atomic E-state index is 11.2. The van der Waals surface area contributed by atoms with Crippen molar-refractivity contribution in [3.63, 3.8) is 0 Å². The molecule has 9 heteroatoms. The first-order valence-corrected chi connectivity index (χ1v) is 4.67. The summed E-state index contributed by atoms with van der Waals surface area (Å²) in [5.74, 6) is -2.89. The standard InChI is InChI=1S/C12H6O6.3H2O/c13-4-10(16)7-1-8(11(17)5-14)3-9(2-7)12(18)6-15;;;/h1-6H;3*1H2. The molecular weight excluding hydrogens is 288 g/mol. The molecule has 1 aromatic rings. The van der Waals surface area contributed by atoms with Gasteiger partial charge in [-0.2, -0.15) is 0 Å². The fourth-order valence-electron chi connectivity index (χ4n) is 1.26. The number of benzene rings is 1. The van der Waals surface area contributed by atoms with Gasteiger partial charge in [-0.3, -0.25) is 28.8 Å². The molecule has 21 heavy (non-hydrogen) atoms. The van der Waals surface area contributed by atoms with E-state index >= 15 is 0 Å². The van der Waals surface area contributed by atoms with Gasteiger partial charge in [-0.15, -0.1) is 0 Å². The van der Waals surface area contributed by atoms with Crippen LogP contribution in [0.25, 0.3) is 0 Å². The van der Waals surface area contributed by atoms with Gasteiger partial charge < -0.3 is 16.4 Å². The molecule has 0 aliphatic rings. The molecule has 0 heterocycles. The Morgan fingerprint density at radius 2 is 0.762 bits per heavy atom. The summed E-state index contributed by atoms with van der Waals surface area (Å²) in [5, 5.41) is 0. The molecule has 0 unspecified atom stereocenters. The zero-order valence-electron chi connectivity index (χ0n) is 10.4. The molecule has 0 amide bonds. The zero-order valence-corrected chi connectivity index (χ0v) is 10.4. The Bertz CT molecular complexity index is 481. The van der Waals surface area contributed by atoms with Gasteiger partial charge in [-0.1, -0.05) is 0 Å². The predicted octanol–water partition coefficient (Wildman–Crippen LogP) is -2.64. The van der Waals surface area contributed by atoms with Crippen molar-refractivity contribution in [1.82, 2.24) is 0 Å². The van der Waals surface area contributed by atoms with Gasteiger partial charge in [0.1, 0.15) is 0 Å². The summed E-state index contributed by atoms with van der Waals surface area (Å²) in [7, 11) is 0. The molecule has 1 rings (SSSR count). The minimum atomic E-state index is -0.963. The number of ketones is 3. The lowest BCUT2D eigenvalue weighted by atomic mass is 9.99. The van der Waals surface area contributed by atoms with Gasteiger partial charge in [0.2, 0.25) is 17.3 Å². The molecule has 0 radical (unpaired) electrons. The largest absolute Gasteiger partial charge is 0.412 e. The van der Waals surface area contributed by atoms with Gasteiger partial charge in [-0.05, 0) is 18.2 Å². The highest BCUT2D eigenvalue weighted by atomic mass is 16.2. The first kappa shape index (κ1) is 23.2. The Morgan fingerprint density at radius 1 is 0.571 bits per heavy atom. The molecular formula is C12H12O9. The van der Waals surface area contributed by atoms with Gasteiger partial charge in [0.05, 0.1) is 0 Å². The fraction of sp³-hybridized carbons (Fsp3) is 0. The molecule has 1 aromatic carbocycles. The van der Waals surface area contributed by atoms with Crippen LogP contribution in [0.1, 0.15) is 31.1 Å². The Balaban J connectivity index is -0.00000108. The Morgan fingerprint density at radius 3 is 0.905 bits per heavy atom. The van der Waals surface area contributed by atoms with Crippen molar-refractivity contribution in [3.8, 4) is 0 Å². The predicted molar refractivity (Wildman–Crippen MR) is 68.5 cm³/mol. The first-order valence-electron chi connectivity index (χ1n) is 4.67. The average molecular weight is 300 g/mol. The zero-order chi connectivity index (χ0) is 13.7. The van der Waals surface area contributed by atoms with Crippen LogP contribution in [0.2, 0.25) is 0 Å². The summed E-state index contributed by atoms with van der Waals surface area (Å²) in [6.07, 6.45) is -0.000995. The van der Waals surface area contributed by atoms with Crippen LogP contribution in [0, 0.1) is 0 Å². The summed E-state index contributed by atoms with van der Waals surface area (Å²) >= 11 is 0. The van der Waals surface area contributed by atoms with Crippen molar-refractivity contribution >= 4 is 36.2 Å². The Labute approximate surface area is 117 Å². The number of hydrogen-bond donors (Lipinski definition) is 0. The van der Waals surface area contributed by atoms with E-state index in [0.29, 0.717) is 0 Å². The summed E-state index contributed by atoms with van der Waals surface area (Å²) in [4.78, 5) is 64.6. The van der Waals surface area contributed by atoms with Crippen molar-refractivity contribution in [2.45, 2.75) is 0 Å². The average Bonchev–Trinajstić information content (AvgIpc) is 2.43. The molecule has 0 atom stereocenters. The van der Waals surface area contributed by atoms with Crippen LogP contribution in [0.3, 0.4) is 0 Å². The third kappa shape index (κ3) is 5.32. The highest BCUT2D eigenvalue weighted by Crippen LogP contribution is 2.11. The summed E-state index contributed by atoms with van der Waals surface area (Å²) < 4.78 is 0. The molecule has 0 aliphatic carbocycles. The molecule has 0 saturated carbocycles. The van der Waals surface area contributed by atoms with E-state index in [1.54, 1.807) is 0 Å². The van der Waals surface area contributed by atoms with Crippen LogP contribution in [-0.4, -0.2) is 52.6 Å². The lowest BCUT2D eigenvalue weighted by molar-refractivity contribution is -0.105. The molecule has 0 bridgehead atoms. The Kier molecular flexibility index (Phi) is 11.0. The van der Waals surface area contributed by atoms with E-state index in [-0.39, 0.29) is 52.0 Å². The number of Topliss-reactive ketones (excluding diaryl/α,β-unsaturated/α-hetero) is 3. The van der Waals surface area contributed by atoms with Crippen LogP contribution >= 0.6 is 0 Å². The van der Waals surface area contributed by atoms with Gasteiger partial charge in [0, 0.05) is 16.7 Å². The maximum Gasteiger partial charge on any atom is 0.225 e. The number of aldehydes is 3. The summed E-state index contributed by atoms with van der Waals surface area (Å²) in [6.45, 7) is 0. The molecule has 6 N–H and O–H groups in total. The summed E-state index contributed by atoms with van der Waals surface area (Å²) in [6, 6.07) is 3.03. The number of rotatable bonds is 6. The molecule has 114 valence electrons. The van der Waals surface area contributed by atoms with E-state index in [1.165, 1.54) is 0 Å². The second-order valence-electron chi connectivity index (χ2n) is 3.25. The minimum absolute atomic E-state index is 0. The molecule has 0 aliphatic heterocycles. The molecule has 0 aromatic heterocycles. The van der Waals surface area contributed by atoms with Crippen LogP contribution < -0.4 is 0 Å². The lowest BCUT2D eigenvalue weighted by Crippen LogP contribution is -2.10. The molecule has 0 spiro atoms. The van der Waals surface area contributed by atoms with Crippen molar-refractivity contribution in [1.29, 1.82) is 0 Å². The third-order valence-corrected chi connectivity index (χ3v) is 2.11. The van der Waals surface area contributed by atoms with Crippen molar-refractivity contribution in [2.75, 3.05) is 0 Å². The van der Waals surface area contributed by atoms with Crippen molar-refractivity contribution < 1.29 is 45.2 Å². The SMILES string of the molecule is O.O.O.O=CC(=O)c1cc(C(=O)C=O)cc(C(=O)C=O)c1. The summed E-state index contributed by atoms with van der Waals surface area (Å²) in [5.41, 5.74) is -0.700. The second-order valence-corrected chi connectivity index (χ2v) is 3.25.